The summed E-state index contributed by atoms with van der Waals surface area (Å²) in [5, 5.41) is 20.3. The standard InChI is InChI=1S/C12H18N2O3.C9H8N.C3H8.C2H6.CH4O.U/c1-8(2)11-5-10(17-13-11)6-12(16)14-4-3-9(15)7-14;1-2-8-3-5-9(7-10)6-4-8;1-3-2;2*1-2;/h5,8-9,15H,3-4,6-7H2,1-2H3;1,3-6,10H,7H2;3H2,1-2H3;1-2H3;2H,1H3;/q;-1;;;;. The minimum absolute atomic E-state index is 0. The van der Waals surface area contributed by atoms with Gasteiger partial charge in [0.15, 0.2) is 0 Å². The third-order valence-electron chi connectivity index (χ3n) is 4.33. The normalized spacial score (nSPS) is 13.2. The molecule has 1 aliphatic rings. The van der Waals surface area contributed by atoms with E-state index in [0.717, 1.165) is 23.9 Å². The topological polar surface area (TPSA) is 111 Å². The Bertz CT molecular complexity index is 802. The van der Waals surface area contributed by atoms with Gasteiger partial charge in [-0.15, -0.1) is 13.0 Å². The summed E-state index contributed by atoms with van der Waals surface area (Å²) in [5.74, 6) is 3.41. The van der Waals surface area contributed by atoms with Gasteiger partial charge in [-0.3, -0.25) is 4.79 Å². The van der Waals surface area contributed by atoms with E-state index in [0.29, 0.717) is 37.7 Å². The minimum Gasteiger partial charge on any atom is -0.674 e. The van der Waals surface area contributed by atoms with Crippen molar-refractivity contribution in [1.29, 1.82) is 0 Å². The fourth-order valence-corrected chi connectivity index (χ4v) is 2.63. The van der Waals surface area contributed by atoms with Gasteiger partial charge in [0.25, 0.3) is 0 Å². The molecule has 1 fully saturated rings. The van der Waals surface area contributed by atoms with Crippen LogP contribution in [0.15, 0.2) is 34.9 Å². The summed E-state index contributed by atoms with van der Waals surface area (Å²) in [6.07, 6.45) is 6.91. The van der Waals surface area contributed by atoms with Gasteiger partial charge < -0.3 is 25.4 Å². The summed E-state index contributed by atoms with van der Waals surface area (Å²) < 4.78 is 5.12. The Labute approximate surface area is 236 Å². The molecule has 1 amide bonds. The summed E-state index contributed by atoms with van der Waals surface area (Å²) in [5.41, 5.74) is 9.76. The Morgan fingerprint density at radius 2 is 1.80 bits per heavy atom. The molecule has 2 aromatic rings. The van der Waals surface area contributed by atoms with Gasteiger partial charge in [-0.1, -0.05) is 76.7 Å². The van der Waals surface area contributed by atoms with Crippen LogP contribution in [0.1, 0.15) is 82.9 Å². The fourth-order valence-electron chi connectivity index (χ4n) is 2.63. The van der Waals surface area contributed by atoms with E-state index >= 15 is 0 Å². The number of aromatic nitrogens is 1. The summed E-state index contributed by atoms with van der Waals surface area (Å²) in [4.78, 5) is 13.5. The molecule has 2 heterocycles. The number of rotatable bonds is 4. The molecular formula is C27H44N3O4U-. The van der Waals surface area contributed by atoms with Gasteiger partial charge >= 0.3 is 0 Å². The van der Waals surface area contributed by atoms with Crippen LogP contribution in [-0.2, 0) is 17.8 Å². The predicted octanol–water partition coefficient (Wildman–Crippen LogP) is 5.20. The first kappa shape index (κ1) is 37.9. The largest absolute Gasteiger partial charge is 0.674 e. The molecule has 1 saturated heterocycles. The molecule has 1 aromatic heterocycles. The van der Waals surface area contributed by atoms with Crippen LogP contribution < -0.4 is 0 Å². The summed E-state index contributed by atoms with van der Waals surface area (Å²) in [6, 6.07) is 9.28. The SMILES string of the molecule is C#Cc1ccc(C[NH-])cc1.CC.CC(C)c1cc(CC(=O)N2CCC(O)C2)on1.CCC.CO.[U]. The van der Waals surface area contributed by atoms with Crippen LogP contribution in [-0.4, -0.2) is 52.5 Å². The number of aliphatic hydroxyl groups excluding tert-OH is 2. The van der Waals surface area contributed by atoms with Crippen molar-refractivity contribution in [2.75, 3.05) is 20.2 Å². The number of carbonyl (C=O) groups excluding carboxylic acids is 1. The van der Waals surface area contributed by atoms with E-state index in [-0.39, 0.29) is 49.5 Å². The molecule has 0 saturated carbocycles. The first-order valence-corrected chi connectivity index (χ1v) is 11.9. The van der Waals surface area contributed by atoms with Crippen LogP contribution in [0, 0.1) is 43.5 Å². The van der Waals surface area contributed by atoms with E-state index in [1.54, 1.807) is 4.90 Å². The van der Waals surface area contributed by atoms with Gasteiger partial charge in [0.2, 0.25) is 5.91 Å². The van der Waals surface area contributed by atoms with Crippen LogP contribution in [0.3, 0.4) is 0 Å². The van der Waals surface area contributed by atoms with Crippen molar-refractivity contribution in [1.82, 2.24) is 10.1 Å². The number of benzene rings is 1. The minimum atomic E-state index is -0.375. The van der Waals surface area contributed by atoms with E-state index in [4.69, 9.17) is 21.8 Å². The first-order chi connectivity index (χ1) is 16.3. The van der Waals surface area contributed by atoms with Gasteiger partial charge in [0.1, 0.15) is 5.76 Å². The number of nitrogens with zero attached hydrogens (tertiary/aromatic N) is 2. The first-order valence-electron chi connectivity index (χ1n) is 11.9. The summed E-state index contributed by atoms with van der Waals surface area (Å²) >= 11 is 0. The van der Waals surface area contributed by atoms with Gasteiger partial charge in [0.05, 0.1) is 18.2 Å². The van der Waals surface area contributed by atoms with Gasteiger partial charge in [0, 0.05) is 62.9 Å². The van der Waals surface area contributed by atoms with Crippen LogP contribution >= 0.6 is 0 Å². The quantitative estimate of drug-likeness (QED) is 0.424. The Kier molecular flexibility index (Phi) is 26.1. The van der Waals surface area contributed by atoms with Crippen molar-refractivity contribution < 1.29 is 50.6 Å². The zero-order valence-corrected chi connectivity index (χ0v) is 26.6. The zero-order valence-electron chi connectivity index (χ0n) is 22.5. The average molecular weight is 713 g/mol. The molecule has 1 aliphatic heterocycles. The molecule has 7 nitrogen and oxygen atoms in total. The number of terminal acetylenes is 1. The van der Waals surface area contributed by atoms with Gasteiger partial charge in [-0.25, -0.2) is 0 Å². The Hall–Kier alpha value is -1.61. The third kappa shape index (κ3) is 16.6. The molecule has 1 aromatic carbocycles. The number of carbonyl (C=O) groups is 1. The number of nitrogens with one attached hydrogen (secondary N) is 1. The van der Waals surface area contributed by atoms with E-state index in [9.17, 15) is 9.90 Å². The predicted molar refractivity (Wildman–Crippen MR) is 139 cm³/mol. The monoisotopic (exact) mass is 712 g/mol. The molecule has 3 rings (SSSR count). The molecule has 3 N–H and O–H groups in total. The second-order valence-electron chi connectivity index (χ2n) is 7.56. The number of likely N-dealkylation sites (tertiary alicyclic amines) is 1. The maximum Gasteiger partial charge on any atom is 0.230 e. The van der Waals surface area contributed by atoms with Crippen molar-refractivity contribution in [3.63, 3.8) is 0 Å². The number of β-amino-alcohol motifs (C(OH)–C–C–N with tert-alkyl or cyclic N) is 1. The molecule has 1 unspecified atom stereocenters. The summed E-state index contributed by atoms with van der Waals surface area (Å²) in [6.45, 7) is 13.7. The van der Waals surface area contributed by atoms with Gasteiger partial charge in [-0.05, 0) is 24.5 Å². The molecule has 0 spiro atoms. The van der Waals surface area contributed by atoms with Crippen LogP contribution in [0.2, 0.25) is 0 Å². The van der Waals surface area contributed by atoms with Crippen molar-refractivity contribution in [2.45, 2.75) is 79.4 Å². The molecule has 0 aliphatic carbocycles. The van der Waals surface area contributed by atoms with Crippen molar-refractivity contribution >= 4 is 5.91 Å². The second kappa shape index (κ2) is 24.1. The third-order valence-corrected chi connectivity index (χ3v) is 4.33. The molecule has 8 heteroatoms. The van der Waals surface area contributed by atoms with Crippen LogP contribution in [0.25, 0.3) is 5.73 Å². The van der Waals surface area contributed by atoms with Crippen molar-refractivity contribution in [3.05, 3.63) is 58.6 Å². The van der Waals surface area contributed by atoms with Gasteiger partial charge in [-0.2, -0.15) is 0 Å². The number of hydrogen-bond acceptors (Lipinski definition) is 5. The fraction of sp³-hybridized carbons (Fsp3) is 0.556. The van der Waals surface area contributed by atoms with Crippen molar-refractivity contribution in [2.24, 2.45) is 0 Å². The Balaban J connectivity index is -0.000000487. The zero-order chi connectivity index (χ0) is 26.5. The molecule has 35 heavy (non-hydrogen) atoms. The van der Waals surface area contributed by atoms with E-state index in [1.165, 1.54) is 6.42 Å². The second-order valence-corrected chi connectivity index (χ2v) is 7.56. The maximum atomic E-state index is 11.9. The van der Waals surface area contributed by atoms with E-state index in [2.05, 4.69) is 24.9 Å². The average Bonchev–Trinajstić information content (AvgIpc) is 3.52. The van der Waals surface area contributed by atoms with Crippen LogP contribution in [0.5, 0.6) is 0 Å². The summed E-state index contributed by atoms with van der Waals surface area (Å²) in [7, 11) is 1.00. The molecule has 1 atom stereocenters. The molecule has 0 bridgehead atoms. The smallest absolute Gasteiger partial charge is 0.230 e. The Morgan fingerprint density at radius 1 is 1.26 bits per heavy atom. The Morgan fingerprint density at radius 3 is 2.17 bits per heavy atom. The van der Waals surface area contributed by atoms with Crippen LogP contribution in [0.4, 0.5) is 0 Å². The van der Waals surface area contributed by atoms with Crippen molar-refractivity contribution in [3.8, 4) is 12.3 Å². The molecule has 0 radical (unpaired) electrons. The van der Waals surface area contributed by atoms with E-state index in [1.807, 2.05) is 58.0 Å². The van der Waals surface area contributed by atoms with E-state index < -0.39 is 0 Å². The number of aliphatic hydroxyl groups is 2. The number of hydrogen-bond donors (Lipinski definition) is 2. The molecule has 196 valence electrons. The number of amides is 1. The maximum absolute atomic E-state index is 11.9. The molecular weight excluding hydrogens is 668 g/mol.